The Morgan fingerprint density at radius 3 is 2.79 bits per heavy atom. The van der Waals surface area contributed by atoms with Crippen LogP contribution in [0.25, 0.3) is 16.8 Å². The van der Waals surface area contributed by atoms with Crippen molar-refractivity contribution < 1.29 is 0 Å². The second-order valence-electron chi connectivity index (χ2n) is 5.83. The topological polar surface area (TPSA) is 65.6 Å². The van der Waals surface area contributed by atoms with Crippen LogP contribution in [0.1, 0.15) is 25.1 Å². The minimum atomic E-state index is -0.0583. The first-order valence-corrected chi connectivity index (χ1v) is 8.29. The summed E-state index contributed by atoms with van der Waals surface area (Å²) >= 11 is 12.8. The Bertz CT molecular complexity index is 981. The molecule has 1 aliphatic heterocycles. The summed E-state index contributed by atoms with van der Waals surface area (Å²) in [5.74, 6) is 0. The molecule has 0 amide bonds. The van der Waals surface area contributed by atoms with E-state index in [4.69, 9.17) is 23.2 Å². The first-order chi connectivity index (χ1) is 11.6. The van der Waals surface area contributed by atoms with Gasteiger partial charge in [0.15, 0.2) is 0 Å². The molecule has 0 bridgehead atoms. The summed E-state index contributed by atoms with van der Waals surface area (Å²) in [6.07, 6.45) is 3.18. The molecule has 1 aliphatic rings. The number of fused-ring (bicyclic) bond motifs is 1. The molecule has 6 nitrogen and oxygen atoms in total. The van der Waals surface area contributed by atoms with Crippen LogP contribution in [0.5, 0.6) is 0 Å². The molecule has 2 aromatic heterocycles. The maximum absolute atomic E-state index is 12.6. The third-order valence-corrected chi connectivity index (χ3v) is 5.03. The Kier molecular flexibility index (Phi) is 3.66. The number of halogens is 2. The highest BCUT2D eigenvalue weighted by Gasteiger charge is 2.25. The highest BCUT2D eigenvalue weighted by atomic mass is 35.5. The Labute approximate surface area is 147 Å². The lowest BCUT2D eigenvalue weighted by Gasteiger charge is -2.15. The van der Waals surface area contributed by atoms with Crippen molar-refractivity contribution in [1.29, 1.82) is 0 Å². The maximum Gasteiger partial charge on any atom is 0.251 e. The second-order valence-corrected chi connectivity index (χ2v) is 6.64. The normalized spacial score (nSPS) is 16.4. The number of aromatic nitrogens is 5. The van der Waals surface area contributed by atoms with Crippen LogP contribution in [-0.4, -0.2) is 24.8 Å². The largest absolute Gasteiger partial charge is 0.308 e. The maximum atomic E-state index is 12.6. The van der Waals surface area contributed by atoms with Gasteiger partial charge in [-0.25, -0.2) is 0 Å². The summed E-state index contributed by atoms with van der Waals surface area (Å²) in [4.78, 5) is 12.6. The molecule has 0 aliphatic carbocycles. The van der Waals surface area contributed by atoms with E-state index in [0.717, 1.165) is 24.1 Å². The molecule has 0 saturated carbocycles. The van der Waals surface area contributed by atoms with E-state index in [-0.39, 0.29) is 11.6 Å². The fourth-order valence-corrected chi connectivity index (χ4v) is 3.74. The minimum absolute atomic E-state index is 0.0583. The van der Waals surface area contributed by atoms with Crippen molar-refractivity contribution in [2.24, 2.45) is 0 Å². The van der Waals surface area contributed by atoms with Gasteiger partial charge < -0.3 is 4.57 Å². The van der Waals surface area contributed by atoms with E-state index < -0.39 is 0 Å². The van der Waals surface area contributed by atoms with Gasteiger partial charge in [-0.2, -0.15) is 4.68 Å². The molecule has 1 aromatic carbocycles. The molecule has 8 heteroatoms. The SMILES string of the molecule is C[C@@H]1CCc2c(Cl)c(-c3cc(Cl)ccc3-n3cnnn3)cc(=O)n21. The Morgan fingerprint density at radius 2 is 2.04 bits per heavy atom. The molecule has 1 atom stereocenters. The average Bonchev–Trinajstić information content (AvgIpc) is 3.21. The molecule has 3 aromatic rings. The summed E-state index contributed by atoms with van der Waals surface area (Å²) in [6, 6.07) is 7.05. The first kappa shape index (κ1) is 15.4. The molecule has 0 N–H and O–H groups in total. The van der Waals surface area contributed by atoms with E-state index in [9.17, 15) is 4.79 Å². The van der Waals surface area contributed by atoms with Crippen LogP contribution in [0, 0.1) is 0 Å². The highest BCUT2D eigenvalue weighted by molar-refractivity contribution is 6.34. The van der Waals surface area contributed by atoms with Crippen LogP contribution in [0.2, 0.25) is 10.0 Å². The van der Waals surface area contributed by atoms with Crippen molar-refractivity contribution >= 4 is 23.2 Å². The van der Waals surface area contributed by atoms with E-state index in [2.05, 4.69) is 15.5 Å². The lowest BCUT2D eigenvalue weighted by Crippen LogP contribution is -2.21. The van der Waals surface area contributed by atoms with Crippen LogP contribution in [0.15, 0.2) is 35.4 Å². The van der Waals surface area contributed by atoms with Gasteiger partial charge in [0.25, 0.3) is 5.56 Å². The van der Waals surface area contributed by atoms with Crippen molar-refractivity contribution in [1.82, 2.24) is 24.8 Å². The quantitative estimate of drug-likeness (QED) is 0.702. The third kappa shape index (κ3) is 2.34. The van der Waals surface area contributed by atoms with Gasteiger partial charge in [0, 0.05) is 34.0 Å². The third-order valence-electron chi connectivity index (χ3n) is 4.37. The van der Waals surface area contributed by atoms with E-state index in [1.807, 2.05) is 6.92 Å². The van der Waals surface area contributed by atoms with Crippen LogP contribution >= 0.6 is 23.2 Å². The summed E-state index contributed by atoms with van der Waals surface area (Å²) < 4.78 is 3.29. The van der Waals surface area contributed by atoms with Crippen molar-refractivity contribution in [3.63, 3.8) is 0 Å². The predicted molar refractivity (Wildman–Crippen MR) is 91.9 cm³/mol. The minimum Gasteiger partial charge on any atom is -0.308 e. The van der Waals surface area contributed by atoms with E-state index in [0.29, 0.717) is 21.3 Å². The van der Waals surface area contributed by atoms with E-state index in [1.54, 1.807) is 28.8 Å². The monoisotopic (exact) mass is 361 g/mol. The smallest absolute Gasteiger partial charge is 0.251 e. The van der Waals surface area contributed by atoms with Crippen LogP contribution < -0.4 is 5.56 Å². The number of rotatable bonds is 2. The number of tetrazole rings is 1. The van der Waals surface area contributed by atoms with Crippen molar-refractivity contribution in [3.05, 3.63) is 56.7 Å². The molecule has 0 unspecified atom stereocenters. The zero-order chi connectivity index (χ0) is 16.8. The first-order valence-electron chi connectivity index (χ1n) is 7.53. The molecule has 24 heavy (non-hydrogen) atoms. The zero-order valence-corrected chi connectivity index (χ0v) is 14.3. The lowest BCUT2D eigenvalue weighted by molar-refractivity contribution is 0.564. The zero-order valence-electron chi connectivity index (χ0n) is 12.8. The molecular weight excluding hydrogens is 349 g/mol. The van der Waals surface area contributed by atoms with Gasteiger partial charge in [0.2, 0.25) is 0 Å². The van der Waals surface area contributed by atoms with Gasteiger partial charge in [-0.3, -0.25) is 4.79 Å². The fourth-order valence-electron chi connectivity index (χ4n) is 3.23. The molecule has 0 radical (unpaired) electrons. The average molecular weight is 362 g/mol. The van der Waals surface area contributed by atoms with E-state index >= 15 is 0 Å². The molecule has 0 saturated heterocycles. The van der Waals surface area contributed by atoms with Crippen molar-refractivity contribution in [3.8, 4) is 16.8 Å². The van der Waals surface area contributed by atoms with Crippen molar-refractivity contribution in [2.75, 3.05) is 0 Å². The van der Waals surface area contributed by atoms with Gasteiger partial charge >= 0.3 is 0 Å². The number of nitrogens with zero attached hydrogens (tertiary/aromatic N) is 5. The van der Waals surface area contributed by atoms with Gasteiger partial charge in [-0.05, 0) is 48.4 Å². The molecule has 0 spiro atoms. The van der Waals surface area contributed by atoms with Crippen molar-refractivity contribution in [2.45, 2.75) is 25.8 Å². The molecule has 122 valence electrons. The Morgan fingerprint density at radius 1 is 1.21 bits per heavy atom. The standard InChI is InChI=1S/C16H13Cl2N5O/c1-9-2-4-14-16(18)12(7-15(24)23(9)14)11-6-10(17)3-5-13(11)22-8-19-20-21-22/h3,5-9H,2,4H2,1H3/t9-/m1/s1. The molecule has 0 fully saturated rings. The number of benzene rings is 1. The van der Waals surface area contributed by atoms with Crippen LogP contribution in [0.4, 0.5) is 0 Å². The number of hydrogen-bond acceptors (Lipinski definition) is 4. The molecule has 3 heterocycles. The lowest BCUT2D eigenvalue weighted by atomic mass is 10.0. The van der Waals surface area contributed by atoms with Gasteiger partial charge in [0.1, 0.15) is 6.33 Å². The van der Waals surface area contributed by atoms with Gasteiger partial charge in [0.05, 0.1) is 10.7 Å². The summed E-state index contributed by atoms with van der Waals surface area (Å²) in [5, 5.41) is 12.4. The summed E-state index contributed by atoms with van der Waals surface area (Å²) in [7, 11) is 0. The summed E-state index contributed by atoms with van der Waals surface area (Å²) in [6.45, 7) is 2.03. The van der Waals surface area contributed by atoms with Crippen LogP contribution in [-0.2, 0) is 6.42 Å². The Hall–Kier alpha value is -2.18. The fraction of sp³-hybridized carbons (Fsp3) is 0.250. The Balaban J connectivity index is 2.00. The number of pyridine rings is 1. The van der Waals surface area contributed by atoms with Gasteiger partial charge in [-0.1, -0.05) is 23.2 Å². The van der Waals surface area contributed by atoms with Crippen LogP contribution in [0.3, 0.4) is 0 Å². The van der Waals surface area contributed by atoms with Gasteiger partial charge in [-0.15, -0.1) is 5.10 Å². The molecular formula is C16H13Cl2N5O. The molecule has 4 rings (SSSR count). The summed E-state index contributed by atoms with van der Waals surface area (Å²) in [5.41, 5.74) is 2.89. The second kappa shape index (κ2) is 5.72. The number of hydrogen-bond donors (Lipinski definition) is 0. The van der Waals surface area contributed by atoms with E-state index in [1.165, 1.54) is 11.0 Å². The predicted octanol–water partition coefficient (Wildman–Crippen LogP) is 3.31. The highest BCUT2D eigenvalue weighted by Crippen LogP contribution is 2.38.